The average Bonchev–Trinajstić information content (AvgIpc) is 2.98. The highest BCUT2D eigenvalue weighted by molar-refractivity contribution is 7.09. The van der Waals surface area contributed by atoms with Gasteiger partial charge in [0.2, 0.25) is 0 Å². The van der Waals surface area contributed by atoms with E-state index in [1.807, 2.05) is 23.6 Å². The van der Waals surface area contributed by atoms with E-state index in [2.05, 4.69) is 47.3 Å². The van der Waals surface area contributed by atoms with Crippen LogP contribution in [0.25, 0.3) is 0 Å². The first kappa shape index (κ1) is 15.6. The Balaban J connectivity index is 2.42. The first-order valence-electron chi connectivity index (χ1n) is 6.95. The van der Waals surface area contributed by atoms with Crippen LogP contribution in [0.15, 0.2) is 61.0 Å². The van der Waals surface area contributed by atoms with Crippen molar-refractivity contribution >= 4 is 11.3 Å². The highest BCUT2D eigenvalue weighted by Gasteiger charge is 2.23. The van der Waals surface area contributed by atoms with Crippen LogP contribution in [0.4, 0.5) is 0 Å². The lowest BCUT2D eigenvalue weighted by Crippen LogP contribution is -2.30. The molecule has 4 heteroatoms. The second kappa shape index (κ2) is 7.88. The maximum Gasteiger partial charge on any atom is 0.115 e. The van der Waals surface area contributed by atoms with E-state index in [0.29, 0.717) is 6.54 Å². The molecule has 2 aromatic rings. The normalized spacial score (nSPS) is 12.3. The molecule has 1 unspecified atom stereocenters. The second-order valence-corrected chi connectivity index (χ2v) is 5.62. The summed E-state index contributed by atoms with van der Waals surface area (Å²) in [4.78, 5) is 6.97. The largest absolute Gasteiger partial charge is 0.325 e. The third-order valence-corrected chi connectivity index (χ3v) is 4.17. The molecule has 0 saturated heterocycles. The van der Waals surface area contributed by atoms with Gasteiger partial charge in [-0.1, -0.05) is 42.5 Å². The summed E-state index contributed by atoms with van der Waals surface area (Å²) in [7, 11) is 0. The molecule has 0 radical (unpaired) electrons. The van der Waals surface area contributed by atoms with E-state index in [9.17, 15) is 0 Å². The highest BCUT2D eigenvalue weighted by atomic mass is 32.1. The summed E-state index contributed by atoms with van der Waals surface area (Å²) >= 11 is 1.66. The van der Waals surface area contributed by atoms with Crippen LogP contribution in [-0.2, 0) is 6.54 Å². The average molecular weight is 299 g/mol. The summed E-state index contributed by atoms with van der Waals surface area (Å²) in [6.45, 7) is 9.76. The number of hydrogen-bond acceptors (Lipinski definition) is 4. The Morgan fingerprint density at radius 3 is 2.38 bits per heavy atom. The fourth-order valence-electron chi connectivity index (χ4n) is 2.30. The minimum Gasteiger partial charge on any atom is -0.325 e. The van der Waals surface area contributed by atoms with Gasteiger partial charge in [0.05, 0.1) is 11.7 Å². The monoisotopic (exact) mass is 299 g/mol. The molecule has 0 bridgehead atoms. The van der Waals surface area contributed by atoms with Crippen LogP contribution in [0, 0.1) is 0 Å². The summed E-state index contributed by atoms with van der Waals surface area (Å²) in [5.41, 5.74) is 7.85. The Bertz CT molecular complexity index is 567. The lowest BCUT2D eigenvalue weighted by molar-refractivity contribution is 0.277. The molecule has 0 amide bonds. The van der Waals surface area contributed by atoms with Crippen molar-refractivity contribution in [2.24, 2.45) is 5.73 Å². The molecule has 21 heavy (non-hydrogen) atoms. The molecule has 0 fully saturated rings. The van der Waals surface area contributed by atoms with E-state index < -0.39 is 0 Å². The van der Waals surface area contributed by atoms with Gasteiger partial charge in [-0.2, -0.15) is 0 Å². The summed E-state index contributed by atoms with van der Waals surface area (Å²) in [6, 6.07) is 10.5. The Kier molecular flexibility index (Phi) is 5.87. The van der Waals surface area contributed by atoms with Gasteiger partial charge in [0.15, 0.2) is 0 Å². The predicted octanol–water partition coefficient (Wildman–Crippen LogP) is 3.37. The molecule has 1 heterocycles. The fraction of sp³-hybridized carbons (Fsp3) is 0.235. The Morgan fingerprint density at radius 2 is 1.86 bits per heavy atom. The molecule has 0 aliphatic heterocycles. The first-order valence-corrected chi connectivity index (χ1v) is 7.83. The predicted molar refractivity (Wildman–Crippen MR) is 90.3 cm³/mol. The van der Waals surface area contributed by atoms with Crippen LogP contribution < -0.4 is 5.73 Å². The van der Waals surface area contributed by atoms with Gasteiger partial charge in [0.1, 0.15) is 5.01 Å². The molecule has 2 rings (SSSR count). The van der Waals surface area contributed by atoms with Crippen molar-refractivity contribution in [1.82, 2.24) is 9.88 Å². The van der Waals surface area contributed by atoms with Gasteiger partial charge in [0, 0.05) is 25.0 Å². The van der Waals surface area contributed by atoms with E-state index >= 15 is 0 Å². The van der Waals surface area contributed by atoms with Crippen LogP contribution in [0.2, 0.25) is 0 Å². The molecule has 0 spiro atoms. The Labute approximate surface area is 130 Å². The zero-order valence-electron chi connectivity index (χ0n) is 12.1. The maximum atomic E-state index is 5.69. The van der Waals surface area contributed by atoms with Crippen molar-refractivity contribution in [2.45, 2.75) is 12.6 Å². The minimum atomic E-state index is 0.104. The molecule has 0 aliphatic rings. The van der Waals surface area contributed by atoms with Crippen LogP contribution in [0.5, 0.6) is 0 Å². The number of aromatic nitrogens is 1. The molecular weight excluding hydrogens is 278 g/mol. The lowest BCUT2D eigenvalue weighted by Gasteiger charge is -2.28. The summed E-state index contributed by atoms with van der Waals surface area (Å²) < 4.78 is 0. The van der Waals surface area contributed by atoms with Crippen molar-refractivity contribution in [2.75, 3.05) is 13.1 Å². The van der Waals surface area contributed by atoms with Gasteiger partial charge < -0.3 is 5.73 Å². The van der Waals surface area contributed by atoms with E-state index in [1.54, 1.807) is 11.3 Å². The topological polar surface area (TPSA) is 42.2 Å². The maximum absolute atomic E-state index is 5.69. The second-order valence-electron chi connectivity index (χ2n) is 4.73. The van der Waals surface area contributed by atoms with E-state index in [-0.39, 0.29) is 6.04 Å². The van der Waals surface area contributed by atoms with Crippen LogP contribution in [0.1, 0.15) is 22.3 Å². The van der Waals surface area contributed by atoms with Crippen LogP contribution >= 0.6 is 11.3 Å². The molecule has 1 aromatic carbocycles. The van der Waals surface area contributed by atoms with E-state index in [4.69, 9.17) is 5.73 Å². The number of nitrogens with zero attached hydrogens (tertiary/aromatic N) is 2. The molecule has 1 aromatic heterocycles. The minimum absolute atomic E-state index is 0.104. The third-order valence-electron chi connectivity index (χ3n) is 3.22. The number of rotatable bonds is 8. The standard InChI is InChI=1S/C17H21N3S/c1-3-10-20(11-4-2)16(14-8-6-5-7-9-14)17-19-15(12-18)13-21-17/h3-9,13,16H,1-2,10-12,18H2. The molecule has 2 N–H and O–H groups in total. The quantitative estimate of drug-likeness (QED) is 0.760. The van der Waals surface area contributed by atoms with Crippen molar-refractivity contribution in [3.05, 3.63) is 77.3 Å². The van der Waals surface area contributed by atoms with E-state index in [1.165, 1.54) is 5.56 Å². The van der Waals surface area contributed by atoms with Gasteiger partial charge in [-0.3, -0.25) is 4.90 Å². The summed E-state index contributed by atoms with van der Waals surface area (Å²) in [5, 5.41) is 3.09. The number of thiazole rings is 1. The lowest BCUT2D eigenvalue weighted by atomic mass is 10.1. The van der Waals surface area contributed by atoms with Gasteiger partial charge in [0.25, 0.3) is 0 Å². The van der Waals surface area contributed by atoms with Crippen molar-refractivity contribution < 1.29 is 0 Å². The zero-order chi connectivity index (χ0) is 15.1. The fourth-order valence-corrected chi connectivity index (χ4v) is 3.29. The number of benzene rings is 1. The molecule has 110 valence electrons. The Morgan fingerprint density at radius 1 is 1.19 bits per heavy atom. The van der Waals surface area contributed by atoms with Gasteiger partial charge in [-0.25, -0.2) is 4.98 Å². The molecule has 0 aliphatic carbocycles. The number of nitrogens with two attached hydrogens (primary N) is 1. The molecule has 0 saturated carbocycles. The van der Waals surface area contributed by atoms with Crippen molar-refractivity contribution in [3.8, 4) is 0 Å². The van der Waals surface area contributed by atoms with Gasteiger partial charge in [-0.05, 0) is 5.56 Å². The third kappa shape index (κ3) is 3.88. The van der Waals surface area contributed by atoms with Crippen molar-refractivity contribution in [1.29, 1.82) is 0 Å². The van der Waals surface area contributed by atoms with Crippen LogP contribution in [0.3, 0.4) is 0 Å². The molecular formula is C17H21N3S. The smallest absolute Gasteiger partial charge is 0.115 e. The number of hydrogen-bond donors (Lipinski definition) is 1. The first-order chi connectivity index (χ1) is 10.3. The summed E-state index contributed by atoms with van der Waals surface area (Å²) in [6.07, 6.45) is 3.83. The Hall–Kier alpha value is -1.75. The van der Waals surface area contributed by atoms with Gasteiger partial charge >= 0.3 is 0 Å². The SMILES string of the molecule is C=CCN(CC=C)C(c1ccccc1)c1nc(CN)cs1. The highest BCUT2D eigenvalue weighted by Crippen LogP contribution is 2.30. The van der Waals surface area contributed by atoms with Crippen molar-refractivity contribution in [3.63, 3.8) is 0 Å². The molecule has 1 atom stereocenters. The van der Waals surface area contributed by atoms with Gasteiger partial charge in [-0.15, -0.1) is 24.5 Å². The summed E-state index contributed by atoms with van der Waals surface area (Å²) in [5.74, 6) is 0. The zero-order valence-corrected chi connectivity index (χ0v) is 12.9. The molecule has 3 nitrogen and oxygen atoms in total. The van der Waals surface area contributed by atoms with Crippen LogP contribution in [-0.4, -0.2) is 23.0 Å². The van der Waals surface area contributed by atoms with E-state index in [0.717, 1.165) is 23.8 Å².